The number of nitrogens with one attached hydrogen (secondary N) is 1. The summed E-state index contributed by atoms with van der Waals surface area (Å²) < 4.78 is 1.90. The Morgan fingerprint density at radius 3 is 2.58 bits per heavy atom. The van der Waals surface area contributed by atoms with Crippen molar-refractivity contribution in [1.29, 1.82) is 0 Å². The third-order valence-electron chi connectivity index (χ3n) is 5.19. The molecule has 130 valence electrons. The van der Waals surface area contributed by atoms with E-state index in [0.717, 1.165) is 23.0 Å². The van der Waals surface area contributed by atoms with Crippen LogP contribution in [0.4, 0.5) is 0 Å². The molecule has 1 unspecified atom stereocenters. The van der Waals surface area contributed by atoms with Crippen molar-refractivity contribution in [3.63, 3.8) is 0 Å². The van der Waals surface area contributed by atoms with Crippen LogP contribution in [-0.4, -0.2) is 21.5 Å². The van der Waals surface area contributed by atoms with E-state index in [1.54, 1.807) is 0 Å². The third kappa shape index (κ3) is 3.66. The summed E-state index contributed by atoms with van der Waals surface area (Å²) in [5.41, 5.74) is 4.72. The first kappa shape index (κ1) is 17.5. The van der Waals surface area contributed by atoms with Crippen molar-refractivity contribution in [2.45, 2.75) is 52.2 Å². The number of aromatic nitrogens is 2. The number of aliphatic hydroxyl groups excluding tert-OH is 1. The van der Waals surface area contributed by atoms with E-state index in [0.29, 0.717) is 18.5 Å². The quantitative estimate of drug-likeness (QED) is 0.801. The molecule has 0 aliphatic heterocycles. The summed E-state index contributed by atoms with van der Waals surface area (Å²) in [5.74, 6) is 0.694. The van der Waals surface area contributed by atoms with Crippen LogP contribution in [0.1, 0.15) is 47.8 Å². The molecule has 1 atom stereocenters. The van der Waals surface area contributed by atoms with Crippen molar-refractivity contribution in [3.05, 3.63) is 51.8 Å². The van der Waals surface area contributed by atoms with Crippen molar-refractivity contribution < 1.29 is 5.11 Å². The van der Waals surface area contributed by atoms with Crippen LogP contribution in [0.5, 0.6) is 0 Å². The Kier molecular flexibility index (Phi) is 5.59. The summed E-state index contributed by atoms with van der Waals surface area (Å²) in [4.78, 5) is 0. The van der Waals surface area contributed by atoms with Crippen molar-refractivity contribution in [2.75, 3.05) is 6.61 Å². The van der Waals surface area contributed by atoms with E-state index in [2.05, 4.69) is 29.5 Å². The number of hydrogen-bond acceptors (Lipinski definition) is 3. The maximum Gasteiger partial charge on any atom is 0.0644 e. The van der Waals surface area contributed by atoms with Gasteiger partial charge in [0.15, 0.2) is 0 Å². The molecule has 4 nitrogen and oxygen atoms in total. The van der Waals surface area contributed by atoms with E-state index in [1.807, 2.05) is 23.7 Å². The van der Waals surface area contributed by atoms with Crippen LogP contribution in [0.3, 0.4) is 0 Å². The van der Waals surface area contributed by atoms with Crippen molar-refractivity contribution in [3.8, 4) is 0 Å². The number of aryl methyl sites for hydroxylation is 1. The first-order valence-corrected chi connectivity index (χ1v) is 9.10. The molecule has 0 bridgehead atoms. The summed E-state index contributed by atoms with van der Waals surface area (Å²) in [6.45, 7) is 5.58. The summed E-state index contributed by atoms with van der Waals surface area (Å²) in [6.07, 6.45) is 3.88. The third-order valence-corrected chi connectivity index (χ3v) is 5.44. The second-order valence-corrected chi connectivity index (χ2v) is 7.13. The fourth-order valence-corrected chi connectivity index (χ4v) is 3.64. The zero-order valence-corrected chi connectivity index (χ0v) is 15.2. The second-order valence-electron chi connectivity index (χ2n) is 6.70. The van der Waals surface area contributed by atoms with E-state index < -0.39 is 0 Å². The molecule has 24 heavy (non-hydrogen) atoms. The largest absolute Gasteiger partial charge is 0.394 e. The van der Waals surface area contributed by atoms with Gasteiger partial charge in [-0.3, -0.25) is 4.68 Å². The molecule has 1 aliphatic carbocycles. The minimum absolute atomic E-state index is 0.115. The minimum atomic E-state index is 0.115. The SMILES string of the molecule is Cc1nn(CCO)c(C)c1CNC(c1ccc(Cl)cc1)C1CCC1. The average Bonchev–Trinajstić information content (AvgIpc) is 2.77. The van der Waals surface area contributed by atoms with E-state index in [4.69, 9.17) is 16.7 Å². The maximum absolute atomic E-state index is 9.16. The van der Waals surface area contributed by atoms with Gasteiger partial charge in [-0.25, -0.2) is 0 Å². The van der Waals surface area contributed by atoms with Gasteiger partial charge in [-0.2, -0.15) is 5.10 Å². The van der Waals surface area contributed by atoms with Gasteiger partial charge in [-0.05, 0) is 50.3 Å². The lowest BCUT2D eigenvalue weighted by atomic mass is 9.77. The zero-order valence-electron chi connectivity index (χ0n) is 14.4. The molecule has 1 heterocycles. The smallest absolute Gasteiger partial charge is 0.0644 e. The summed E-state index contributed by atoms with van der Waals surface area (Å²) in [5, 5.41) is 18.2. The molecular formula is C19H26ClN3O. The standard InChI is InChI=1S/C19H26ClN3O/c1-13-18(14(2)23(22-13)10-11-24)12-21-19(15-4-3-5-15)16-6-8-17(20)9-7-16/h6-9,15,19,21,24H,3-5,10-12H2,1-2H3. The molecule has 0 saturated heterocycles. The van der Waals surface area contributed by atoms with Crippen molar-refractivity contribution >= 4 is 11.6 Å². The fourth-order valence-electron chi connectivity index (χ4n) is 3.51. The molecule has 1 fully saturated rings. The molecule has 5 heteroatoms. The van der Waals surface area contributed by atoms with Gasteiger partial charge in [-0.1, -0.05) is 30.2 Å². The van der Waals surface area contributed by atoms with E-state index >= 15 is 0 Å². The van der Waals surface area contributed by atoms with Gasteiger partial charge in [0.05, 0.1) is 18.8 Å². The lowest BCUT2D eigenvalue weighted by Gasteiger charge is -2.35. The summed E-state index contributed by atoms with van der Waals surface area (Å²) in [7, 11) is 0. The van der Waals surface area contributed by atoms with Crippen LogP contribution < -0.4 is 5.32 Å². The predicted octanol–water partition coefficient (Wildman–Crippen LogP) is 3.78. The first-order valence-electron chi connectivity index (χ1n) is 8.72. The Morgan fingerprint density at radius 1 is 1.29 bits per heavy atom. The van der Waals surface area contributed by atoms with Crippen LogP contribution in [0.15, 0.2) is 24.3 Å². The molecule has 1 aliphatic rings. The lowest BCUT2D eigenvalue weighted by Crippen LogP contribution is -2.32. The highest BCUT2D eigenvalue weighted by Gasteiger charge is 2.28. The first-order chi connectivity index (χ1) is 11.6. The molecule has 0 amide bonds. The van der Waals surface area contributed by atoms with Gasteiger partial charge in [0.25, 0.3) is 0 Å². The normalized spacial score (nSPS) is 16.2. The monoisotopic (exact) mass is 347 g/mol. The Labute approximate surface area is 148 Å². The molecule has 0 spiro atoms. The van der Waals surface area contributed by atoms with Crippen LogP contribution in [0.2, 0.25) is 5.02 Å². The van der Waals surface area contributed by atoms with Crippen LogP contribution in [-0.2, 0) is 13.1 Å². The minimum Gasteiger partial charge on any atom is -0.394 e. The van der Waals surface area contributed by atoms with Gasteiger partial charge in [0.2, 0.25) is 0 Å². The molecule has 1 aromatic carbocycles. The zero-order chi connectivity index (χ0) is 17.1. The Bertz CT molecular complexity index is 677. The van der Waals surface area contributed by atoms with Gasteiger partial charge < -0.3 is 10.4 Å². The highest BCUT2D eigenvalue weighted by Crippen LogP contribution is 2.38. The number of nitrogens with zero attached hydrogens (tertiary/aromatic N) is 2. The topological polar surface area (TPSA) is 50.1 Å². The number of hydrogen-bond donors (Lipinski definition) is 2. The number of aliphatic hydroxyl groups is 1. The number of halogens is 1. The van der Waals surface area contributed by atoms with Gasteiger partial charge in [-0.15, -0.1) is 0 Å². The highest BCUT2D eigenvalue weighted by atomic mass is 35.5. The molecule has 2 N–H and O–H groups in total. The number of rotatable bonds is 7. The molecule has 2 aromatic rings. The average molecular weight is 348 g/mol. The molecular weight excluding hydrogens is 322 g/mol. The molecule has 3 rings (SSSR count). The Morgan fingerprint density at radius 2 is 2.00 bits per heavy atom. The van der Waals surface area contributed by atoms with E-state index in [1.165, 1.54) is 30.4 Å². The van der Waals surface area contributed by atoms with Crippen LogP contribution >= 0.6 is 11.6 Å². The molecule has 0 radical (unpaired) electrons. The maximum atomic E-state index is 9.16. The van der Waals surface area contributed by atoms with Crippen molar-refractivity contribution in [2.24, 2.45) is 5.92 Å². The lowest BCUT2D eigenvalue weighted by molar-refractivity contribution is 0.229. The highest BCUT2D eigenvalue weighted by molar-refractivity contribution is 6.30. The van der Waals surface area contributed by atoms with Crippen LogP contribution in [0, 0.1) is 19.8 Å². The van der Waals surface area contributed by atoms with Gasteiger partial charge in [0, 0.05) is 28.9 Å². The molecule has 1 saturated carbocycles. The van der Waals surface area contributed by atoms with E-state index in [9.17, 15) is 0 Å². The summed E-state index contributed by atoms with van der Waals surface area (Å²) >= 11 is 6.04. The second kappa shape index (κ2) is 7.68. The summed E-state index contributed by atoms with van der Waals surface area (Å²) in [6, 6.07) is 8.57. The molecule has 1 aromatic heterocycles. The Hall–Kier alpha value is -1.36. The Balaban J connectivity index is 1.75. The predicted molar refractivity (Wildman–Crippen MR) is 97.2 cm³/mol. The van der Waals surface area contributed by atoms with Gasteiger partial charge >= 0.3 is 0 Å². The van der Waals surface area contributed by atoms with Crippen molar-refractivity contribution in [1.82, 2.24) is 15.1 Å². The fraction of sp³-hybridized carbons (Fsp3) is 0.526. The van der Waals surface area contributed by atoms with E-state index in [-0.39, 0.29) is 6.61 Å². The van der Waals surface area contributed by atoms with Gasteiger partial charge in [0.1, 0.15) is 0 Å². The number of benzene rings is 1. The van der Waals surface area contributed by atoms with Crippen LogP contribution in [0.25, 0.3) is 0 Å².